The summed E-state index contributed by atoms with van der Waals surface area (Å²) >= 11 is 0. The number of aliphatic hydroxyl groups is 2. The minimum Gasteiger partial charge on any atom is -0.388 e. The van der Waals surface area contributed by atoms with Crippen LogP contribution in [0.3, 0.4) is 0 Å². The van der Waals surface area contributed by atoms with Crippen molar-refractivity contribution in [3.8, 4) is 0 Å². The maximum Gasteiger partial charge on any atom is 0.469 e. The monoisotopic (exact) mass is 422 g/mol. The molecule has 0 aliphatic rings. The number of phosphoric ester groups is 1. The van der Waals surface area contributed by atoms with Gasteiger partial charge >= 0.3 is 7.82 Å². The SMILES string of the molecule is CCCCCCCCCCCCCCCC/C=C/C(O)C(O)COP(=O)(O)O. The molecule has 28 heavy (non-hydrogen) atoms. The van der Waals surface area contributed by atoms with Gasteiger partial charge in [0, 0.05) is 0 Å². The fraction of sp³-hybridized carbons (Fsp3) is 0.905. The van der Waals surface area contributed by atoms with Gasteiger partial charge in [0.1, 0.15) is 12.2 Å². The van der Waals surface area contributed by atoms with Crippen molar-refractivity contribution in [3.05, 3.63) is 12.2 Å². The van der Waals surface area contributed by atoms with E-state index in [0.29, 0.717) is 0 Å². The number of rotatable bonds is 20. The van der Waals surface area contributed by atoms with Crippen LogP contribution in [0.4, 0.5) is 0 Å². The Balaban J connectivity index is 3.38. The van der Waals surface area contributed by atoms with Gasteiger partial charge in [-0.3, -0.25) is 4.52 Å². The van der Waals surface area contributed by atoms with Crippen molar-refractivity contribution < 1.29 is 29.1 Å². The maximum atomic E-state index is 10.5. The summed E-state index contributed by atoms with van der Waals surface area (Å²) in [6.07, 6.45) is 19.9. The van der Waals surface area contributed by atoms with E-state index in [1.165, 1.54) is 83.1 Å². The van der Waals surface area contributed by atoms with Crippen molar-refractivity contribution in [2.24, 2.45) is 0 Å². The molecule has 0 saturated heterocycles. The molecule has 0 heterocycles. The number of hydrogen-bond donors (Lipinski definition) is 4. The Morgan fingerprint density at radius 2 is 1.21 bits per heavy atom. The van der Waals surface area contributed by atoms with Gasteiger partial charge in [-0.05, 0) is 12.8 Å². The lowest BCUT2D eigenvalue weighted by Crippen LogP contribution is -2.28. The summed E-state index contributed by atoms with van der Waals surface area (Å²) in [4.78, 5) is 17.1. The van der Waals surface area contributed by atoms with E-state index in [2.05, 4.69) is 11.4 Å². The van der Waals surface area contributed by atoms with Gasteiger partial charge in [-0.15, -0.1) is 0 Å². The Bertz CT molecular complexity index is 410. The molecule has 0 aromatic carbocycles. The summed E-state index contributed by atoms with van der Waals surface area (Å²) in [5.41, 5.74) is 0. The Labute approximate surface area is 171 Å². The number of hydrogen-bond acceptors (Lipinski definition) is 4. The Hall–Kier alpha value is -0.230. The molecule has 0 bridgehead atoms. The van der Waals surface area contributed by atoms with Crippen LogP contribution in [-0.4, -0.2) is 38.8 Å². The fourth-order valence-electron chi connectivity index (χ4n) is 3.09. The smallest absolute Gasteiger partial charge is 0.388 e. The number of aliphatic hydroxyl groups excluding tert-OH is 2. The van der Waals surface area contributed by atoms with Crippen LogP contribution in [0.25, 0.3) is 0 Å². The minimum atomic E-state index is -4.62. The molecule has 0 aromatic heterocycles. The van der Waals surface area contributed by atoms with Crippen molar-refractivity contribution in [2.75, 3.05) is 6.61 Å². The van der Waals surface area contributed by atoms with E-state index < -0.39 is 26.6 Å². The first-order valence-corrected chi connectivity index (χ1v) is 12.6. The van der Waals surface area contributed by atoms with E-state index >= 15 is 0 Å². The second-order valence-corrected chi connectivity index (χ2v) is 8.90. The highest BCUT2D eigenvalue weighted by Crippen LogP contribution is 2.35. The molecule has 2 atom stereocenters. The number of unbranched alkanes of at least 4 members (excludes halogenated alkanes) is 14. The zero-order valence-electron chi connectivity index (χ0n) is 17.7. The normalized spacial score (nSPS) is 14.6. The molecule has 168 valence electrons. The van der Waals surface area contributed by atoms with E-state index in [1.54, 1.807) is 6.08 Å². The lowest BCUT2D eigenvalue weighted by Gasteiger charge is -2.14. The quantitative estimate of drug-likeness (QED) is 0.121. The first-order valence-electron chi connectivity index (χ1n) is 11.1. The van der Waals surface area contributed by atoms with Crippen LogP contribution >= 0.6 is 7.82 Å². The Morgan fingerprint density at radius 1 is 0.786 bits per heavy atom. The molecule has 0 radical (unpaired) electrons. The van der Waals surface area contributed by atoms with Crippen LogP contribution in [0.15, 0.2) is 12.2 Å². The first-order chi connectivity index (χ1) is 13.4. The molecule has 0 rings (SSSR count). The van der Waals surface area contributed by atoms with E-state index in [-0.39, 0.29) is 0 Å². The summed E-state index contributed by atoms with van der Waals surface area (Å²) in [6, 6.07) is 0. The highest BCUT2D eigenvalue weighted by atomic mass is 31.2. The van der Waals surface area contributed by atoms with Gasteiger partial charge in [0.15, 0.2) is 0 Å². The van der Waals surface area contributed by atoms with Crippen LogP contribution in [-0.2, 0) is 9.09 Å². The molecule has 0 aliphatic carbocycles. The van der Waals surface area contributed by atoms with Crippen molar-refractivity contribution in [1.29, 1.82) is 0 Å². The van der Waals surface area contributed by atoms with Crippen molar-refractivity contribution in [3.63, 3.8) is 0 Å². The van der Waals surface area contributed by atoms with Gasteiger partial charge in [-0.2, -0.15) is 0 Å². The zero-order valence-corrected chi connectivity index (χ0v) is 18.6. The summed E-state index contributed by atoms with van der Waals surface area (Å²) in [7, 11) is -4.62. The molecule has 6 nitrogen and oxygen atoms in total. The summed E-state index contributed by atoms with van der Waals surface area (Å²) in [5, 5.41) is 19.2. The second-order valence-electron chi connectivity index (χ2n) is 7.66. The molecular weight excluding hydrogens is 379 g/mol. The topological polar surface area (TPSA) is 107 Å². The van der Waals surface area contributed by atoms with Crippen molar-refractivity contribution >= 4 is 7.82 Å². The third-order valence-corrected chi connectivity index (χ3v) is 5.35. The highest BCUT2D eigenvalue weighted by Gasteiger charge is 2.20. The molecular formula is C21H43O6P. The largest absolute Gasteiger partial charge is 0.469 e. The highest BCUT2D eigenvalue weighted by molar-refractivity contribution is 7.46. The van der Waals surface area contributed by atoms with Crippen LogP contribution in [0, 0.1) is 0 Å². The minimum absolute atomic E-state index is 0.603. The third-order valence-electron chi connectivity index (χ3n) is 4.87. The summed E-state index contributed by atoms with van der Waals surface area (Å²) in [5.74, 6) is 0. The van der Waals surface area contributed by atoms with Gasteiger partial charge in [0.25, 0.3) is 0 Å². The predicted molar refractivity (Wildman–Crippen MR) is 114 cm³/mol. The molecule has 4 N–H and O–H groups in total. The van der Waals surface area contributed by atoms with E-state index in [1.807, 2.05) is 0 Å². The maximum absolute atomic E-state index is 10.5. The molecule has 7 heteroatoms. The number of allylic oxidation sites excluding steroid dienone is 1. The lowest BCUT2D eigenvalue weighted by atomic mass is 10.0. The van der Waals surface area contributed by atoms with Gasteiger partial charge in [-0.1, -0.05) is 103 Å². The average molecular weight is 423 g/mol. The second kappa shape index (κ2) is 18.8. The Morgan fingerprint density at radius 3 is 1.64 bits per heavy atom. The molecule has 0 aliphatic heterocycles. The predicted octanol–water partition coefficient (Wildman–Crippen LogP) is 5.25. The third kappa shape index (κ3) is 20.5. The molecule has 0 saturated carbocycles. The standard InChI is InChI=1S/C21H43O6P/c1-2-3-4-5-6-7-8-9-10-11-12-13-14-15-16-17-18-20(22)21(23)19-27-28(24,25)26/h17-18,20-23H,2-16,19H2,1H3,(H2,24,25,26)/b18-17+. The molecule has 0 amide bonds. The molecule has 0 spiro atoms. The Kier molecular flexibility index (Phi) is 18.6. The van der Waals surface area contributed by atoms with Crippen LogP contribution < -0.4 is 0 Å². The van der Waals surface area contributed by atoms with Gasteiger partial charge in [0.2, 0.25) is 0 Å². The average Bonchev–Trinajstić information content (AvgIpc) is 2.65. The first kappa shape index (κ1) is 27.8. The molecule has 0 fully saturated rings. The molecule has 2 unspecified atom stereocenters. The fourth-order valence-corrected chi connectivity index (χ4v) is 3.44. The van der Waals surface area contributed by atoms with Gasteiger partial charge in [0.05, 0.1) is 6.61 Å². The zero-order chi connectivity index (χ0) is 21.1. The molecule has 0 aromatic rings. The lowest BCUT2D eigenvalue weighted by molar-refractivity contribution is 0.00864. The van der Waals surface area contributed by atoms with Crippen LogP contribution in [0.5, 0.6) is 0 Å². The van der Waals surface area contributed by atoms with E-state index in [4.69, 9.17) is 9.79 Å². The van der Waals surface area contributed by atoms with Crippen molar-refractivity contribution in [2.45, 2.75) is 115 Å². The van der Waals surface area contributed by atoms with Gasteiger partial charge in [-0.25, -0.2) is 4.57 Å². The van der Waals surface area contributed by atoms with Gasteiger partial charge < -0.3 is 20.0 Å². The summed E-state index contributed by atoms with van der Waals surface area (Å²) in [6.45, 7) is 1.65. The van der Waals surface area contributed by atoms with Crippen LogP contribution in [0.1, 0.15) is 103 Å². The van der Waals surface area contributed by atoms with Crippen molar-refractivity contribution in [1.82, 2.24) is 0 Å². The summed E-state index contributed by atoms with van der Waals surface area (Å²) < 4.78 is 14.7. The van der Waals surface area contributed by atoms with E-state index in [9.17, 15) is 14.8 Å². The van der Waals surface area contributed by atoms with E-state index in [0.717, 1.165) is 19.3 Å². The van der Waals surface area contributed by atoms with Crippen LogP contribution in [0.2, 0.25) is 0 Å². The number of phosphoric acid groups is 1.